The molecule has 9 nitrogen and oxygen atoms in total. The number of likely N-dealkylation sites (tertiary alicyclic amines) is 1. The first-order chi connectivity index (χ1) is 18.0. The van der Waals surface area contributed by atoms with Crippen LogP contribution in [0.25, 0.3) is 11.4 Å². The highest BCUT2D eigenvalue weighted by molar-refractivity contribution is 6.30. The highest BCUT2D eigenvalue weighted by Crippen LogP contribution is 2.24. The van der Waals surface area contributed by atoms with Crippen LogP contribution < -0.4 is 10.6 Å². The highest BCUT2D eigenvalue weighted by atomic mass is 35.5. The average molecular weight is 524 g/mol. The number of piperidine rings is 1. The summed E-state index contributed by atoms with van der Waals surface area (Å²) in [6.07, 6.45) is 3.44. The Bertz CT molecular complexity index is 1230. The summed E-state index contributed by atoms with van der Waals surface area (Å²) < 4.78 is 11.0. The molecule has 2 amide bonds. The number of aromatic nitrogens is 2. The molecule has 1 unspecified atom stereocenters. The summed E-state index contributed by atoms with van der Waals surface area (Å²) in [5.74, 6) is 0.619. The molecule has 2 saturated heterocycles. The third kappa shape index (κ3) is 6.54. The molecule has 3 heterocycles. The van der Waals surface area contributed by atoms with Gasteiger partial charge in [-0.05, 0) is 63.0 Å². The summed E-state index contributed by atoms with van der Waals surface area (Å²) in [5, 5.41) is 10.6. The minimum Gasteiger partial charge on any atom is -0.376 e. The van der Waals surface area contributed by atoms with Crippen LogP contribution in [0.1, 0.15) is 41.9 Å². The lowest BCUT2D eigenvalue weighted by atomic mass is 9.95. The number of halogens is 1. The summed E-state index contributed by atoms with van der Waals surface area (Å²) >= 11 is 6.06. The van der Waals surface area contributed by atoms with Gasteiger partial charge in [0.1, 0.15) is 0 Å². The molecular formula is C27H30ClN5O4. The lowest BCUT2D eigenvalue weighted by molar-refractivity contribution is -0.121. The van der Waals surface area contributed by atoms with Gasteiger partial charge in [-0.15, -0.1) is 0 Å². The Labute approximate surface area is 220 Å². The largest absolute Gasteiger partial charge is 0.376 e. The lowest BCUT2D eigenvalue weighted by Crippen LogP contribution is -2.38. The normalized spacial score (nSPS) is 18.6. The molecule has 194 valence electrons. The number of amides is 2. The molecule has 0 bridgehead atoms. The number of nitrogens with one attached hydrogen (secondary N) is 2. The van der Waals surface area contributed by atoms with Gasteiger partial charge in [0.2, 0.25) is 17.6 Å². The van der Waals surface area contributed by atoms with E-state index in [0.717, 1.165) is 38.1 Å². The zero-order valence-corrected chi connectivity index (χ0v) is 21.2. The molecule has 1 atom stereocenters. The second-order valence-electron chi connectivity index (χ2n) is 9.45. The molecule has 2 N–H and O–H groups in total. The molecule has 0 radical (unpaired) electrons. The smallest absolute Gasteiger partial charge is 0.253 e. The topological polar surface area (TPSA) is 110 Å². The Balaban J connectivity index is 1.12. The van der Waals surface area contributed by atoms with Gasteiger partial charge in [-0.1, -0.05) is 41.0 Å². The predicted octanol–water partition coefficient (Wildman–Crippen LogP) is 4.15. The van der Waals surface area contributed by atoms with E-state index in [4.69, 9.17) is 20.9 Å². The van der Waals surface area contributed by atoms with E-state index in [2.05, 4.69) is 25.7 Å². The van der Waals surface area contributed by atoms with Crippen LogP contribution in [0, 0.1) is 5.92 Å². The van der Waals surface area contributed by atoms with Gasteiger partial charge < -0.3 is 19.9 Å². The third-order valence-corrected chi connectivity index (χ3v) is 7.05. The maximum Gasteiger partial charge on any atom is 0.253 e. The van der Waals surface area contributed by atoms with Crippen molar-refractivity contribution < 1.29 is 18.8 Å². The fraction of sp³-hybridized carbons (Fsp3) is 0.407. The van der Waals surface area contributed by atoms with Gasteiger partial charge in [0.25, 0.3) is 5.91 Å². The molecular weight excluding hydrogens is 494 g/mol. The molecule has 2 aliphatic heterocycles. The molecule has 0 spiro atoms. The first-order valence-corrected chi connectivity index (χ1v) is 13.0. The first kappa shape index (κ1) is 25.4. The monoisotopic (exact) mass is 523 g/mol. The molecule has 0 saturated carbocycles. The van der Waals surface area contributed by atoms with Crippen molar-refractivity contribution in [3.05, 3.63) is 65.0 Å². The Hall–Kier alpha value is -3.27. The Morgan fingerprint density at radius 1 is 1.08 bits per heavy atom. The number of carbonyl (C=O) groups excluding carboxylic acids is 2. The number of ether oxygens (including phenoxy) is 1. The van der Waals surface area contributed by atoms with Crippen molar-refractivity contribution in [3.8, 4) is 11.4 Å². The van der Waals surface area contributed by atoms with Gasteiger partial charge in [-0.2, -0.15) is 4.98 Å². The van der Waals surface area contributed by atoms with E-state index >= 15 is 0 Å². The summed E-state index contributed by atoms with van der Waals surface area (Å²) in [6, 6.07) is 14.4. The van der Waals surface area contributed by atoms with Crippen molar-refractivity contribution in [3.63, 3.8) is 0 Å². The third-order valence-electron chi connectivity index (χ3n) is 6.81. The lowest BCUT2D eigenvalue weighted by Gasteiger charge is -2.30. The van der Waals surface area contributed by atoms with E-state index in [-0.39, 0.29) is 23.8 Å². The van der Waals surface area contributed by atoms with Crippen molar-refractivity contribution in [1.82, 2.24) is 20.4 Å². The maximum absolute atomic E-state index is 13.0. The van der Waals surface area contributed by atoms with Crippen molar-refractivity contribution in [2.24, 2.45) is 5.92 Å². The number of hydrogen-bond acceptors (Lipinski definition) is 7. The molecule has 3 aromatic rings. The predicted molar refractivity (Wildman–Crippen MR) is 139 cm³/mol. The zero-order valence-electron chi connectivity index (χ0n) is 20.5. The van der Waals surface area contributed by atoms with E-state index in [1.54, 1.807) is 30.3 Å². The number of rotatable bonds is 8. The highest BCUT2D eigenvalue weighted by Gasteiger charge is 2.27. The number of hydrogen-bond donors (Lipinski definition) is 2. The number of anilines is 1. The summed E-state index contributed by atoms with van der Waals surface area (Å²) in [4.78, 5) is 32.5. The van der Waals surface area contributed by atoms with Gasteiger partial charge in [-0.3, -0.25) is 14.5 Å². The maximum atomic E-state index is 13.0. The molecule has 1 aromatic heterocycles. The van der Waals surface area contributed by atoms with E-state index in [1.807, 2.05) is 18.2 Å². The second kappa shape index (κ2) is 11.9. The number of nitrogens with zero attached hydrogens (tertiary/aromatic N) is 3. The van der Waals surface area contributed by atoms with Crippen molar-refractivity contribution in [1.29, 1.82) is 0 Å². The van der Waals surface area contributed by atoms with Crippen LogP contribution in [0.3, 0.4) is 0 Å². The van der Waals surface area contributed by atoms with Gasteiger partial charge in [-0.25, -0.2) is 0 Å². The van der Waals surface area contributed by atoms with Gasteiger partial charge in [0.15, 0.2) is 0 Å². The van der Waals surface area contributed by atoms with Crippen LogP contribution in [0.2, 0.25) is 5.02 Å². The van der Waals surface area contributed by atoms with Gasteiger partial charge in [0, 0.05) is 29.7 Å². The summed E-state index contributed by atoms with van der Waals surface area (Å²) in [6.45, 7) is 3.20. The van der Waals surface area contributed by atoms with Gasteiger partial charge >= 0.3 is 0 Å². The Morgan fingerprint density at radius 3 is 2.70 bits per heavy atom. The quantitative estimate of drug-likeness (QED) is 0.456. The number of carbonyl (C=O) groups is 2. The minimum absolute atomic E-state index is 0.0615. The minimum atomic E-state index is -0.210. The molecule has 37 heavy (non-hydrogen) atoms. The van der Waals surface area contributed by atoms with E-state index in [0.29, 0.717) is 53.9 Å². The SMILES string of the molecule is O=C(NCC1CCCO1)c1ccccc1NC(=O)C1CCN(Cc2nc(-c3cccc(Cl)c3)no2)CC1. The van der Waals surface area contributed by atoms with Crippen LogP contribution in [-0.4, -0.2) is 59.2 Å². The Kier molecular flexibility index (Phi) is 8.13. The number of benzene rings is 2. The first-order valence-electron chi connectivity index (χ1n) is 12.7. The van der Waals surface area contributed by atoms with Gasteiger partial charge in [0.05, 0.1) is 23.9 Å². The van der Waals surface area contributed by atoms with E-state index in [9.17, 15) is 9.59 Å². The van der Waals surface area contributed by atoms with Crippen molar-refractivity contribution >= 4 is 29.1 Å². The summed E-state index contributed by atoms with van der Waals surface area (Å²) in [5.41, 5.74) is 1.79. The fourth-order valence-electron chi connectivity index (χ4n) is 4.74. The van der Waals surface area contributed by atoms with Crippen molar-refractivity contribution in [2.45, 2.75) is 38.3 Å². The van der Waals surface area contributed by atoms with Crippen LogP contribution >= 0.6 is 11.6 Å². The molecule has 10 heteroatoms. The van der Waals surface area contributed by atoms with Crippen LogP contribution in [-0.2, 0) is 16.1 Å². The molecule has 2 aliphatic rings. The fourth-order valence-corrected chi connectivity index (χ4v) is 4.93. The van der Waals surface area contributed by atoms with Crippen molar-refractivity contribution in [2.75, 3.05) is 31.6 Å². The second-order valence-corrected chi connectivity index (χ2v) is 9.89. The average Bonchev–Trinajstić information content (AvgIpc) is 3.61. The summed E-state index contributed by atoms with van der Waals surface area (Å²) in [7, 11) is 0. The van der Waals surface area contributed by atoms with Crippen LogP contribution in [0.15, 0.2) is 53.1 Å². The van der Waals surface area contributed by atoms with E-state index in [1.165, 1.54) is 0 Å². The van der Waals surface area contributed by atoms with Crippen LogP contribution in [0.4, 0.5) is 5.69 Å². The standard InChI is InChI=1S/C27H30ClN5O4/c28-20-6-3-5-19(15-20)25-31-24(37-32-25)17-33-12-10-18(11-13-33)26(34)30-23-9-2-1-8-22(23)27(35)29-16-21-7-4-14-36-21/h1-3,5-6,8-9,15,18,21H,4,7,10-14,16-17H2,(H,29,35)(H,30,34). The molecule has 5 rings (SSSR count). The molecule has 2 aromatic carbocycles. The van der Waals surface area contributed by atoms with E-state index < -0.39 is 0 Å². The van der Waals surface area contributed by atoms with Crippen LogP contribution in [0.5, 0.6) is 0 Å². The zero-order chi connectivity index (χ0) is 25.6. The molecule has 0 aliphatic carbocycles. The Morgan fingerprint density at radius 2 is 1.92 bits per heavy atom. The molecule has 2 fully saturated rings. The number of para-hydroxylation sites is 1.